The largest absolute Gasteiger partial charge is 0.311 e. The van der Waals surface area contributed by atoms with Crippen LogP contribution in [0.1, 0.15) is 17.7 Å². The number of aryl methyl sites for hydroxylation is 2. The van der Waals surface area contributed by atoms with Gasteiger partial charge < -0.3 is 4.90 Å². The Bertz CT molecular complexity index is 1070. The summed E-state index contributed by atoms with van der Waals surface area (Å²) in [5, 5.41) is 2.46. The molecule has 148 valence electrons. The van der Waals surface area contributed by atoms with Crippen molar-refractivity contribution in [3.63, 3.8) is 0 Å². The molecule has 1 aromatic heterocycles. The first-order valence-corrected chi connectivity index (χ1v) is 10.2. The van der Waals surface area contributed by atoms with Crippen LogP contribution in [0.2, 0.25) is 0 Å². The number of thiazole rings is 1. The highest BCUT2D eigenvalue weighted by atomic mass is 32.1. The van der Waals surface area contributed by atoms with Gasteiger partial charge in [0.15, 0.2) is 5.13 Å². The molecule has 1 saturated heterocycles. The normalized spacial score (nSPS) is 16.3. The first-order valence-electron chi connectivity index (χ1n) is 9.31. The molecule has 0 radical (unpaired) electrons. The van der Waals surface area contributed by atoms with E-state index in [1.165, 1.54) is 22.3 Å². The van der Waals surface area contributed by atoms with Crippen molar-refractivity contribution in [2.75, 3.05) is 16.3 Å². The monoisotopic (exact) mass is 409 g/mol. The molecule has 5 nitrogen and oxygen atoms in total. The average Bonchev–Trinajstić information content (AvgIpc) is 3.31. The Morgan fingerprint density at radius 2 is 1.97 bits per heavy atom. The van der Waals surface area contributed by atoms with Gasteiger partial charge in [0.1, 0.15) is 5.82 Å². The van der Waals surface area contributed by atoms with Gasteiger partial charge in [-0.3, -0.25) is 14.5 Å². The second-order valence-electron chi connectivity index (χ2n) is 7.12. The Morgan fingerprint density at radius 3 is 2.62 bits per heavy atom. The predicted octanol–water partition coefficient (Wildman–Crippen LogP) is 4.62. The fourth-order valence-electron chi connectivity index (χ4n) is 3.41. The van der Waals surface area contributed by atoms with Gasteiger partial charge in [-0.1, -0.05) is 24.3 Å². The van der Waals surface area contributed by atoms with Crippen LogP contribution in [0.3, 0.4) is 0 Å². The lowest BCUT2D eigenvalue weighted by molar-refractivity contribution is -0.123. The molecule has 2 aromatic carbocycles. The highest BCUT2D eigenvalue weighted by Crippen LogP contribution is 2.34. The summed E-state index contributed by atoms with van der Waals surface area (Å²) in [7, 11) is 0. The maximum Gasteiger partial charge on any atom is 0.238 e. The van der Waals surface area contributed by atoms with Crippen molar-refractivity contribution < 1.29 is 14.0 Å². The summed E-state index contributed by atoms with van der Waals surface area (Å²) >= 11 is 1.39. The van der Waals surface area contributed by atoms with Crippen LogP contribution in [0.15, 0.2) is 53.9 Å². The molecule has 4 rings (SSSR count). The number of para-hydroxylation sites is 1. The summed E-state index contributed by atoms with van der Waals surface area (Å²) in [5.74, 6) is -1.27. The number of nitrogens with zero attached hydrogens (tertiary/aromatic N) is 3. The Balaban J connectivity index is 1.63. The van der Waals surface area contributed by atoms with Crippen LogP contribution in [-0.4, -0.2) is 23.3 Å². The summed E-state index contributed by atoms with van der Waals surface area (Å²) in [6, 6.07) is 14.0. The second kappa shape index (κ2) is 7.75. The summed E-state index contributed by atoms with van der Waals surface area (Å²) in [6.45, 7) is 3.76. The molecule has 1 atom stereocenters. The molecular formula is C22H20FN3O2S. The third-order valence-electron chi connectivity index (χ3n) is 4.97. The lowest BCUT2D eigenvalue weighted by Crippen LogP contribution is -2.34. The average molecular weight is 409 g/mol. The van der Waals surface area contributed by atoms with Crippen LogP contribution in [-0.2, 0) is 9.59 Å². The molecule has 7 heteroatoms. The van der Waals surface area contributed by atoms with Gasteiger partial charge in [0.25, 0.3) is 0 Å². The van der Waals surface area contributed by atoms with Gasteiger partial charge in [0.05, 0.1) is 17.3 Å². The molecule has 1 aliphatic rings. The number of amides is 2. The van der Waals surface area contributed by atoms with Crippen molar-refractivity contribution >= 4 is 39.7 Å². The maximum atomic E-state index is 14.0. The highest BCUT2D eigenvalue weighted by Gasteiger charge is 2.39. The SMILES string of the molecule is Cc1csc(N(C(=O)C2CC(=O)N(c3ccc(C)c(F)c3)C2)c2ccccc2)n1. The molecule has 1 unspecified atom stereocenters. The number of benzene rings is 2. The van der Waals surface area contributed by atoms with E-state index in [1.807, 2.05) is 42.6 Å². The van der Waals surface area contributed by atoms with E-state index >= 15 is 0 Å². The highest BCUT2D eigenvalue weighted by molar-refractivity contribution is 7.14. The van der Waals surface area contributed by atoms with Crippen molar-refractivity contribution in [1.82, 2.24) is 4.98 Å². The molecule has 0 bridgehead atoms. The van der Waals surface area contributed by atoms with E-state index in [0.717, 1.165) is 5.69 Å². The van der Waals surface area contributed by atoms with Crippen LogP contribution in [0.5, 0.6) is 0 Å². The molecule has 2 amide bonds. The standard InChI is InChI=1S/C22H20FN3O2S/c1-14-8-9-18(11-19(14)23)25-12-16(10-20(25)27)21(28)26(17-6-4-3-5-7-17)22-24-15(2)13-29-22/h3-9,11,13,16H,10,12H2,1-2H3. The fourth-order valence-corrected chi connectivity index (χ4v) is 4.23. The Labute approximate surface area is 172 Å². The zero-order valence-electron chi connectivity index (χ0n) is 16.1. The summed E-state index contributed by atoms with van der Waals surface area (Å²) in [4.78, 5) is 33.6. The minimum atomic E-state index is -0.531. The zero-order chi connectivity index (χ0) is 20.5. The molecule has 3 aromatic rings. The van der Waals surface area contributed by atoms with Gasteiger partial charge in [-0.25, -0.2) is 9.37 Å². The summed E-state index contributed by atoms with van der Waals surface area (Å²) in [5.41, 5.74) is 2.53. The van der Waals surface area contributed by atoms with Gasteiger partial charge >= 0.3 is 0 Å². The van der Waals surface area contributed by atoms with E-state index in [2.05, 4.69) is 4.98 Å². The van der Waals surface area contributed by atoms with Crippen LogP contribution < -0.4 is 9.80 Å². The molecule has 29 heavy (non-hydrogen) atoms. The Morgan fingerprint density at radius 1 is 1.21 bits per heavy atom. The molecular weight excluding hydrogens is 389 g/mol. The van der Waals surface area contributed by atoms with E-state index in [9.17, 15) is 14.0 Å². The number of hydrogen-bond donors (Lipinski definition) is 0. The number of rotatable bonds is 4. The molecule has 0 aliphatic carbocycles. The van der Waals surface area contributed by atoms with Gasteiger partial charge in [-0.05, 0) is 43.7 Å². The molecule has 0 spiro atoms. The molecule has 0 saturated carbocycles. The summed E-state index contributed by atoms with van der Waals surface area (Å²) in [6.07, 6.45) is 0.0853. The lowest BCUT2D eigenvalue weighted by Gasteiger charge is -2.23. The lowest BCUT2D eigenvalue weighted by atomic mass is 10.1. The first-order chi connectivity index (χ1) is 13.9. The summed E-state index contributed by atoms with van der Waals surface area (Å²) < 4.78 is 14.0. The van der Waals surface area contributed by atoms with Crippen LogP contribution in [0.4, 0.5) is 20.9 Å². The fraction of sp³-hybridized carbons (Fsp3) is 0.227. The number of halogens is 1. The van der Waals surface area contributed by atoms with E-state index in [1.54, 1.807) is 24.0 Å². The van der Waals surface area contributed by atoms with Crippen molar-refractivity contribution in [1.29, 1.82) is 0 Å². The third-order valence-corrected chi connectivity index (χ3v) is 5.92. The molecule has 2 heterocycles. The third kappa shape index (κ3) is 3.78. The molecule has 1 fully saturated rings. The van der Waals surface area contributed by atoms with E-state index in [0.29, 0.717) is 22.1 Å². The van der Waals surface area contributed by atoms with Crippen molar-refractivity contribution in [2.45, 2.75) is 20.3 Å². The number of hydrogen-bond acceptors (Lipinski definition) is 4. The van der Waals surface area contributed by atoms with Gasteiger partial charge in [0.2, 0.25) is 11.8 Å². The Hall–Kier alpha value is -3.06. The van der Waals surface area contributed by atoms with Crippen LogP contribution in [0.25, 0.3) is 0 Å². The van der Waals surface area contributed by atoms with Gasteiger partial charge in [0, 0.05) is 24.0 Å². The molecule has 1 aliphatic heterocycles. The minimum Gasteiger partial charge on any atom is -0.311 e. The number of anilines is 3. The van der Waals surface area contributed by atoms with Crippen molar-refractivity contribution in [2.24, 2.45) is 5.92 Å². The smallest absolute Gasteiger partial charge is 0.238 e. The van der Waals surface area contributed by atoms with Crippen LogP contribution in [0, 0.1) is 25.6 Å². The van der Waals surface area contributed by atoms with Gasteiger partial charge in [-0.2, -0.15) is 0 Å². The predicted molar refractivity (Wildman–Crippen MR) is 112 cm³/mol. The molecule has 0 N–H and O–H groups in total. The van der Waals surface area contributed by atoms with Crippen molar-refractivity contribution in [3.8, 4) is 0 Å². The van der Waals surface area contributed by atoms with E-state index in [-0.39, 0.29) is 30.6 Å². The van der Waals surface area contributed by atoms with E-state index < -0.39 is 5.92 Å². The minimum absolute atomic E-state index is 0.0853. The first kappa shape index (κ1) is 19.3. The number of aromatic nitrogens is 1. The second-order valence-corrected chi connectivity index (χ2v) is 7.96. The topological polar surface area (TPSA) is 53.5 Å². The zero-order valence-corrected chi connectivity index (χ0v) is 16.9. The van der Waals surface area contributed by atoms with Crippen LogP contribution >= 0.6 is 11.3 Å². The number of carbonyl (C=O) groups excluding carboxylic acids is 2. The maximum absolute atomic E-state index is 14.0. The quantitative estimate of drug-likeness (QED) is 0.632. The number of carbonyl (C=O) groups is 2. The Kier molecular flexibility index (Phi) is 5.15. The van der Waals surface area contributed by atoms with E-state index in [4.69, 9.17) is 0 Å². The van der Waals surface area contributed by atoms with Crippen molar-refractivity contribution in [3.05, 3.63) is 71.0 Å². The van der Waals surface area contributed by atoms with Gasteiger partial charge in [-0.15, -0.1) is 11.3 Å².